The van der Waals surface area contributed by atoms with Crippen LogP contribution in [-0.4, -0.2) is 5.91 Å². The summed E-state index contributed by atoms with van der Waals surface area (Å²) in [6, 6.07) is 12.4. The zero-order valence-electron chi connectivity index (χ0n) is 12.2. The van der Waals surface area contributed by atoms with Gasteiger partial charge in [0.05, 0.1) is 5.92 Å². The van der Waals surface area contributed by atoms with Crippen LogP contribution in [0.3, 0.4) is 0 Å². The highest BCUT2D eigenvalue weighted by Crippen LogP contribution is 2.27. The summed E-state index contributed by atoms with van der Waals surface area (Å²) >= 11 is 1.59. The van der Waals surface area contributed by atoms with Gasteiger partial charge in [0.2, 0.25) is 5.91 Å². The van der Waals surface area contributed by atoms with Crippen molar-refractivity contribution in [2.45, 2.75) is 38.5 Å². The first-order valence-electron chi connectivity index (χ1n) is 6.80. The van der Waals surface area contributed by atoms with E-state index in [9.17, 15) is 4.79 Å². The number of primary amides is 1. The van der Waals surface area contributed by atoms with Crippen molar-refractivity contribution in [3.8, 4) is 0 Å². The van der Waals surface area contributed by atoms with Gasteiger partial charge in [-0.05, 0) is 34.4 Å². The molecule has 2 N–H and O–H groups in total. The van der Waals surface area contributed by atoms with Crippen LogP contribution in [0.25, 0.3) is 0 Å². The highest BCUT2D eigenvalue weighted by atomic mass is 32.1. The van der Waals surface area contributed by atoms with Crippen molar-refractivity contribution in [1.29, 1.82) is 0 Å². The number of thiophene rings is 1. The third kappa shape index (κ3) is 3.48. The van der Waals surface area contributed by atoms with Crippen molar-refractivity contribution in [1.82, 2.24) is 0 Å². The van der Waals surface area contributed by atoms with Crippen LogP contribution in [0.1, 0.15) is 42.7 Å². The maximum atomic E-state index is 11.7. The predicted molar refractivity (Wildman–Crippen MR) is 85.1 cm³/mol. The van der Waals surface area contributed by atoms with E-state index in [1.54, 1.807) is 11.3 Å². The Bertz CT molecular complexity index is 564. The second kappa shape index (κ2) is 5.80. The third-order valence-electron chi connectivity index (χ3n) is 3.49. The number of rotatable bonds is 4. The quantitative estimate of drug-likeness (QED) is 0.911. The monoisotopic (exact) mass is 287 g/mol. The molecule has 0 aliphatic carbocycles. The Hall–Kier alpha value is -1.61. The SMILES string of the molecule is CC(C)(C)c1ccc(CC(C(N)=O)c2cccs2)cc1. The molecule has 0 saturated carbocycles. The average molecular weight is 287 g/mol. The predicted octanol–water partition coefficient (Wildman–Crippen LogP) is 3.86. The minimum Gasteiger partial charge on any atom is -0.369 e. The Morgan fingerprint density at radius 1 is 1.20 bits per heavy atom. The van der Waals surface area contributed by atoms with Crippen molar-refractivity contribution >= 4 is 17.2 Å². The second-order valence-corrected chi connectivity index (χ2v) is 7.10. The lowest BCUT2D eigenvalue weighted by atomic mass is 9.86. The molecule has 1 aromatic heterocycles. The molecule has 0 aliphatic rings. The van der Waals surface area contributed by atoms with E-state index in [1.165, 1.54) is 5.56 Å². The van der Waals surface area contributed by atoms with Gasteiger partial charge in [-0.25, -0.2) is 0 Å². The fourth-order valence-electron chi connectivity index (χ4n) is 2.21. The Balaban J connectivity index is 2.18. The van der Waals surface area contributed by atoms with E-state index in [0.717, 1.165) is 10.4 Å². The van der Waals surface area contributed by atoms with Gasteiger partial charge in [-0.1, -0.05) is 51.1 Å². The normalized spacial score (nSPS) is 13.2. The van der Waals surface area contributed by atoms with Crippen LogP contribution in [0.4, 0.5) is 0 Å². The fraction of sp³-hybridized carbons (Fsp3) is 0.353. The molecule has 1 atom stereocenters. The maximum absolute atomic E-state index is 11.7. The molecule has 0 bridgehead atoms. The first-order chi connectivity index (χ1) is 9.38. The van der Waals surface area contributed by atoms with Gasteiger partial charge in [-0.3, -0.25) is 4.79 Å². The van der Waals surface area contributed by atoms with E-state index in [1.807, 2.05) is 17.5 Å². The molecule has 0 saturated heterocycles. The highest BCUT2D eigenvalue weighted by molar-refractivity contribution is 7.10. The molecule has 2 aromatic rings. The third-order valence-corrected chi connectivity index (χ3v) is 4.48. The van der Waals surface area contributed by atoms with E-state index in [2.05, 4.69) is 45.0 Å². The smallest absolute Gasteiger partial charge is 0.226 e. The fourth-order valence-corrected chi connectivity index (χ4v) is 3.04. The summed E-state index contributed by atoms with van der Waals surface area (Å²) in [5, 5.41) is 1.98. The molecule has 106 valence electrons. The summed E-state index contributed by atoms with van der Waals surface area (Å²) in [7, 11) is 0. The van der Waals surface area contributed by atoms with Gasteiger partial charge < -0.3 is 5.73 Å². The zero-order chi connectivity index (χ0) is 14.8. The molecule has 0 spiro atoms. The molecular weight excluding hydrogens is 266 g/mol. The number of carbonyl (C=O) groups is 1. The van der Waals surface area contributed by atoms with E-state index in [4.69, 9.17) is 5.73 Å². The molecule has 3 heteroatoms. The van der Waals surface area contributed by atoms with Crippen LogP contribution in [0.15, 0.2) is 41.8 Å². The Kier molecular flexibility index (Phi) is 4.29. The van der Waals surface area contributed by atoms with Crippen LogP contribution >= 0.6 is 11.3 Å². The number of amides is 1. The number of hydrogen-bond acceptors (Lipinski definition) is 2. The largest absolute Gasteiger partial charge is 0.369 e. The molecule has 2 rings (SSSR count). The Morgan fingerprint density at radius 3 is 2.30 bits per heavy atom. The molecule has 20 heavy (non-hydrogen) atoms. The lowest BCUT2D eigenvalue weighted by Gasteiger charge is -2.19. The highest BCUT2D eigenvalue weighted by Gasteiger charge is 2.20. The van der Waals surface area contributed by atoms with Gasteiger partial charge in [-0.2, -0.15) is 0 Å². The molecule has 0 fully saturated rings. The summed E-state index contributed by atoms with van der Waals surface area (Å²) in [4.78, 5) is 12.7. The van der Waals surface area contributed by atoms with Crippen molar-refractivity contribution in [2.75, 3.05) is 0 Å². The van der Waals surface area contributed by atoms with Crippen molar-refractivity contribution in [3.05, 3.63) is 57.8 Å². The summed E-state index contributed by atoms with van der Waals surface area (Å²) in [6.07, 6.45) is 0.667. The molecule has 1 unspecified atom stereocenters. The van der Waals surface area contributed by atoms with Gasteiger partial charge >= 0.3 is 0 Å². The summed E-state index contributed by atoms with van der Waals surface area (Å²) in [5.74, 6) is -0.483. The Morgan fingerprint density at radius 2 is 1.85 bits per heavy atom. The van der Waals surface area contributed by atoms with Crippen molar-refractivity contribution in [3.63, 3.8) is 0 Å². The zero-order valence-corrected chi connectivity index (χ0v) is 13.0. The van der Waals surface area contributed by atoms with Gasteiger partial charge in [0, 0.05) is 4.88 Å². The molecule has 2 nitrogen and oxygen atoms in total. The summed E-state index contributed by atoms with van der Waals surface area (Å²) in [6.45, 7) is 6.58. The van der Waals surface area contributed by atoms with Gasteiger partial charge in [0.25, 0.3) is 0 Å². The maximum Gasteiger partial charge on any atom is 0.226 e. The topological polar surface area (TPSA) is 43.1 Å². The van der Waals surface area contributed by atoms with Crippen molar-refractivity contribution < 1.29 is 4.79 Å². The van der Waals surface area contributed by atoms with Gasteiger partial charge in [0.1, 0.15) is 0 Å². The minimum atomic E-state index is -0.257. The van der Waals surface area contributed by atoms with E-state index in [0.29, 0.717) is 6.42 Å². The van der Waals surface area contributed by atoms with Crippen LogP contribution in [0, 0.1) is 0 Å². The average Bonchev–Trinajstić information content (AvgIpc) is 2.88. The standard InChI is InChI=1S/C17H21NOS/c1-17(2,3)13-8-6-12(7-9-13)11-14(16(18)19)15-5-4-10-20-15/h4-10,14H,11H2,1-3H3,(H2,18,19). The van der Waals surface area contributed by atoms with E-state index >= 15 is 0 Å². The molecule has 0 radical (unpaired) electrons. The Labute approximate surface area is 124 Å². The molecule has 1 amide bonds. The van der Waals surface area contributed by atoms with Crippen LogP contribution in [0.5, 0.6) is 0 Å². The number of nitrogens with two attached hydrogens (primary N) is 1. The number of benzene rings is 1. The summed E-state index contributed by atoms with van der Waals surface area (Å²) < 4.78 is 0. The second-order valence-electron chi connectivity index (χ2n) is 6.12. The molecule has 1 heterocycles. The molecule has 1 aromatic carbocycles. The van der Waals surface area contributed by atoms with E-state index in [-0.39, 0.29) is 17.2 Å². The minimum absolute atomic E-state index is 0.148. The first kappa shape index (κ1) is 14.8. The van der Waals surface area contributed by atoms with Crippen LogP contribution < -0.4 is 5.73 Å². The van der Waals surface area contributed by atoms with E-state index < -0.39 is 0 Å². The van der Waals surface area contributed by atoms with Gasteiger partial charge in [0.15, 0.2) is 0 Å². The van der Waals surface area contributed by atoms with Crippen LogP contribution in [0.2, 0.25) is 0 Å². The van der Waals surface area contributed by atoms with Crippen LogP contribution in [-0.2, 0) is 16.6 Å². The van der Waals surface area contributed by atoms with Crippen molar-refractivity contribution in [2.24, 2.45) is 5.73 Å². The first-order valence-corrected chi connectivity index (χ1v) is 7.68. The van der Waals surface area contributed by atoms with Gasteiger partial charge in [-0.15, -0.1) is 11.3 Å². The summed E-state index contributed by atoms with van der Waals surface area (Å²) in [5.41, 5.74) is 8.14. The number of carbonyl (C=O) groups excluding carboxylic acids is 1. The molecule has 0 aliphatic heterocycles. The lowest BCUT2D eigenvalue weighted by molar-refractivity contribution is -0.119. The lowest BCUT2D eigenvalue weighted by Crippen LogP contribution is -2.22. The number of hydrogen-bond donors (Lipinski definition) is 1. The molecular formula is C17H21NOS.